The molecule has 102 heavy (non-hydrogen) atoms. The first-order chi connectivity index (χ1) is 50.1. The Hall–Kier alpha value is -4.65. The molecule has 9 N–H and O–H groups in total. The second-order valence-corrected chi connectivity index (χ2v) is 27.4. The van der Waals surface area contributed by atoms with Gasteiger partial charge in [0.1, 0.15) is 48.8 Å². The number of ether oxygens (including phenoxy) is 4. The minimum atomic E-state index is -1.80. The molecule has 12 atom stereocenters. The van der Waals surface area contributed by atoms with Crippen LogP contribution in [0.15, 0.2) is 170 Å². The smallest absolute Gasteiger partial charge is 0.220 e. The van der Waals surface area contributed by atoms with Gasteiger partial charge >= 0.3 is 0 Å². The zero-order valence-corrected chi connectivity index (χ0v) is 63.5. The van der Waals surface area contributed by atoms with E-state index in [1.807, 2.05) is 6.08 Å². The number of carbonyl (C=O) groups excluding carboxylic acids is 1. The molecule has 2 aliphatic rings. The van der Waals surface area contributed by atoms with E-state index in [0.29, 0.717) is 12.8 Å². The van der Waals surface area contributed by atoms with E-state index in [1.54, 1.807) is 6.08 Å². The normalized spacial score (nSPS) is 22.6. The molecule has 0 aromatic heterocycles. The predicted molar refractivity (Wildman–Crippen MR) is 424 cm³/mol. The lowest BCUT2D eigenvalue weighted by molar-refractivity contribution is -0.359. The van der Waals surface area contributed by atoms with Crippen molar-refractivity contribution in [2.24, 2.45) is 0 Å². The first-order valence-corrected chi connectivity index (χ1v) is 40.4. The van der Waals surface area contributed by atoms with E-state index in [0.717, 1.165) is 116 Å². The van der Waals surface area contributed by atoms with Crippen LogP contribution < -0.4 is 5.32 Å². The number of hydrogen-bond donors (Lipinski definition) is 9. The maximum absolute atomic E-state index is 13.4. The van der Waals surface area contributed by atoms with Crippen LogP contribution in [0.4, 0.5) is 0 Å². The fourth-order valence-corrected chi connectivity index (χ4v) is 12.1. The van der Waals surface area contributed by atoms with E-state index in [9.17, 15) is 45.6 Å². The second kappa shape index (κ2) is 69.4. The molecule has 12 unspecified atom stereocenters. The first kappa shape index (κ1) is 93.4. The highest BCUT2D eigenvalue weighted by Crippen LogP contribution is 2.30. The van der Waals surface area contributed by atoms with Gasteiger partial charge in [0.25, 0.3) is 0 Å². The number of carbonyl (C=O) groups is 1. The lowest BCUT2D eigenvalue weighted by Crippen LogP contribution is -2.65. The van der Waals surface area contributed by atoms with Crippen molar-refractivity contribution in [1.82, 2.24) is 5.32 Å². The van der Waals surface area contributed by atoms with Crippen molar-refractivity contribution in [3.63, 3.8) is 0 Å². The SMILES string of the molecule is CC/C=C\C/C=C\C/C=C\C/C=C\C/C=C\C/C=C\C/C=C\C/C=C\C/C=C\C/C=C\C/C=C\C/C=C\CCCCCCC(=O)NC(COC1OC(CO)C(OC2OC(CO)C(O)C(O)C2O)C(O)C1O)C(O)/C=C/CC/C=C/CCCCCCCCCCCCCCCCCCCCCCC. The fourth-order valence-electron chi connectivity index (χ4n) is 12.1. The standard InChI is InChI=1S/C88H145NO13/c1-3-5-7-9-11-13-15-17-19-21-23-25-27-29-31-32-33-34-35-36-37-38-39-40-41-42-43-44-46-48-50-52-54-56-58-60-62-64-66-68-70-72-80(93)89-76(75-99-87-85(98)83(96)86(79(74-91)101-87)102-88-84(97)82(95)81(94)78(73-90)100-88)77(92)71-69-67-65-63-61-59-57-55-53-51-49-47-45-30-28-26-24-22-20-18-16-14-12-10-8-6-4-2/h5,7,11,13,17,19,23,25,29,31,33-34,36-37,39-40,42-43,46,48,52,54,58,60-61,63,69,71,76-79,81-88,90-92,94-98H,3-4,6,8-10,12,14-16,18,20-22,24,26-28,30,32,35,38,41,44-45,47,49-51,53,55-57,59,62,64-68,70,72-75H2,1-2H3,(H,89,93)/b7-5-,13-11-,19-17-,25-23-,31-29-,34-33-,37-36-,40-39-,43-42-,48-46-,54-52-,60-58-,63-61+,71-69+. The number of hydrogen-bond acceptors (Lipinski definition) is 13. The molecule has 0 aromatic carbocycles. The summed E-state index contributed by atoms with van der Waals surface area (Å²) in [5, 5.41) is 87.6. The Kier molecular flexibility index (Phi) is 63.6. The molecule has 14 heteroatoms. The lowest BCUT2D eigenvalue weighted by atomic mass is 9.97. The van der Waals surface area contributed by atoms with Gasteiger partial charge in [0.2, 0.25) is 5.91 Å². The monoisotopic (exact) mass is 1420 g/mol. The summed E-state index contributed by atoms with van der Waals surface area (Å²) >= 11 is 0. The highest BCUT2D eigenvalue weighted by atomic mass is 16.7. The van der Waals surface area contributed by atoms with Gasteiger partial charge in [-0.1, -0.05) is 325 Å². The first-order valence-electron chi connectivity index (χ1n) is 40.4. The van der Waals surface area contributed by atoms with Gasteiger partial charge in [0.15, 0.2) is 12.6 Å². The molecule has 2 saturated heterocycles. The third kappa shape index (κ3) is 51.5. The molecule has 2 fully saturated rings. The molecule has 0 bridgehead atoms. The zero-order valence-electron chi connectivity index (χ0n) is 63.5. The van der Waals surface area contributed by atoms with Crippen LogP contribution >= 0.6 is 0 Å². The fraction of sp³-hybridized carbons (Fsp3) is 0.670. The van der Waals surface area contributed by atoms with Crippen molar-refractivity contribution >= 4 is 5.91 Å². The Bertz CT molecular complexity index is 2380. The summed E-state index contributed by atoms with van der Waals surface area (Å²) < 4.78 is 22.9. The number of allylic oxidation sites excluding steroid dienone is 27. The van der Waals surface area contributed by atoms with Crippen molar-refractivity contribution in [2.45, 2.75) is 357 Å². The molecule has 0 spiro atoms. The summed E-state index contributed by atoms with van der Waals surface area (Å²) in [6, 6.07) is -0.960. The maximum atomic E-state index is 13.4. The predicted octanol–water partition coefficient (Wildman–Crippen LogP) is 18.7. The average molecular weight is 1430 g/mol. The largest absolute Gasteiger partial charge is 0.394 e. The van der Waals surface area contributed by atoms with Gasteiger partial charge in [-0.15, -0.1) is 0 Å². The van der Waals surface area contributed by atoms with Crippen LogP contribution in [-0.4, -0.2) is 140 Å². The van der Waals surface area contributed by atoms with Crippen LogP contribution in [-0.2, 0) is 23.7 Å². The summed E-state index contributed by atoms with van der Waals surface area (Å²) in [6.45, 7) is 2.67. The Balaban J connectivity index is 1.66. The zero-order chi connectivity index (χ0) is 73.7. The molecular weight excluding hydrogens is 1280 g/mol. The number of rotatable bonds is 65. The molecule has 0 saturated carbocycles. The summed E-state index contributed by atoms with van der Waals surface area (Å²) in [6.07, 6.45) is 91.4. The summed E-state index contributed by atoms with van der Waals surface area (Å²) in [5.41, 5.74) is 0. The van der Waals surface area contributed by atoms with Crippen LogP contribution in [0.25, 0.3) is 0 Å². The van der Waals surface area contributed by atoms with Crippen molar-refractivity contribution in [3.05, 3.63) is 170 Å². The van der Waals surface area contributed by atoms with E-state index in [2.05, 4.69) is 177 Å². The van der Waals surface area contributed by atoms with Gasteiger partial charge in [-0.2, -0.15) is 0 Å². The third-order valence-electron chi connectivity index (χ3n) is 18.4. The van der Waals surface area contributed by atoms with Crippen LogP contribution in [0.2, 0.25) is 0 Å². The Morgan fingerprint density at radius 1 is 0.363 bits per heavy atom. The number of aliphatic hydroxyl groups is 8. The molecule has 0 radical (unpaired) electrons. The highest BCUT2D eigenvalue weighted by Gasteiger charge is 2.51. The molecule has 14 nitrogen and oxygen atoms in total. The van der Waals surface area contributed by atoms with Crippen molar-refractivity contribution in [1.29, 1.82) is 0 Å². The summed E-state index contributed by atoms with van der Waals surface area (Å²) in [7, 11) is 0. The topological polar surface area (TPSA) is 228 Å². The van der Waals surface area contributed by atoms with Crippen molar-refractivity contribution < 1.29 is 64.6 Å². The summed E-state index contributed by atoms with van der Waals surface area (Å²) in [5.74, 6) is -0.278. The van der Waals surface area contributed by atoms with E-state index < -0.39 is 86.8 Å². The lowest BCUT2D eigenvalue weighted by Gasteiger charge is -2.46. The number of aliphatic hydroxyl groups excluding tert-OH is 8. The maximum Gasteiger partial charge on any atom is 0.220 e. The minimum Gasteiger partial charge on any atom is -0.394 e. The summed E-state index contributed by atoms with van der Waals surface area (Å²) in [4.78, 5) is 13.4. The average Bonchev–Trinajstić information content (AvgIpc) is 0.790. The van der Waals surface area contributed by atoms with E-state index in [-0.39, 0.29) is 18.9 Å². The quantitative estimate of drug-likeness (QED) is 0.0204. The molecule has 2 rings (SSSR count). The van der Waals surface area contributed by atoms with Crippen molar-refractivity contribution in [2.75, 3.05) is 19.8 Å². The Morgan fingerprint density at radius 3 is 1.08 bits per heavy atom. The van der Waals surface area contributed by atoms with Gasteiger partial charge in [0.05, 0.1) is 32.0 Å². The minimum absolute atomic E-state index is 0.233. The molecule has 1 amide bonds. The third-order valence-corrected chi connectivity index (χ3v) is 18.4. The van der Waals surface area contributed by atoms with Crippen LogP contribution in [0.3, 0.4) is 0 Å². The molecule has 580 valence electrons. The number of nitrogens with one attached hydrogen (secondary N) is 1. The van der Waals surface area contributed by atoms with Crippen LogP contribution in [0.5, 0.6) is 0 Å². The van der Waals surface area contributed by atoms with E-state index >= 15 is 0 Å². The van der Waals surface area contributed by atoms with Crippen LogP contribution in [0.1, 0.15) is 284 Å². The van der Waals surface area contributed by atoms with E-state index in [1.165, 1.54) is 135 Å². The Morgan fingerprint density at radius 2 is 0.686 bits per heavy atom. The van der Waals surface area contributed by atoms with Crippen LogP contribution in [0, 0.1) is 0 Å². The highest BCUT2D eigenvalue weighted by molar-refractivity contribution is 5.76. The van der Waals surface area contributed by atoms with Gasteiger partial charge in [-0.05, 0) is 122 Å². The molecule has 2 aliphatic heterocycles. The van der Waals surface area contributed by atoms with Gasteiger partial charge < -0.3 is 65.1 Å². The molecule has 0 aliphatic carbocycles. The van der Waals surface area contributed by atoms with Gasteiger partial charge in [-0.25, -0.2) is 0 Å². The second-order valence-electron chi connectivity index (χ2n) is 27.4. The number of unbranched alkanes of at least 4 members (excludes halogenated alkanes) is 26. The molecular formula is C88H145NO13. The molecule has 2 heterocycles. The number of amides is 1. The van der Waals surface area contributed by atoms with Gasteiger partial charge in [0, 0.05) is 6.42 Å². The van der Waals surface area contributed by atoms with Crippen molar-refractivity contribution in [3.8, 4) is 0 Å². The molecule has 0 aromatic rings. The van der Waals surface area contributed by atoms with Gasteiger partial charge in [-0.3, -0.25) is 4.79 Å². The Labute approximate surface area is 619 Å². The van der Waals surface area contributed by atoms with E-state index in [4.69, 9.17) is 18.9 Å².